The Balaban J connectivity index is 3.30. The van der Waals surface area contributed by atoms with Gasteiger partial charge in [0.25, 0.3) is 0 Å². The van der Waals surface area contributed by atoms with Crippen molar-refractivity contribution >= 4 is 11.5 Å². The van der Waals surface area contributed by atoms with E-state index in [-0.39, 0.29) is 11.3 Å². The van der Waals surface area contributed by atoms with E-state index in [1.54, 1.807) is 14.2 Å². The van der Waals surface area contributed by atoms with Gasteiger partial charge >= 0.3 is 0 Å². The number of carbonyl (C=O) groups excluding carboxylic acids is 1. The smallest absolute Gasteiger partial charge is 0.167 e. The molecule has 0 aliphatic carbocycles. The predicted molar refractivity (Wildman–Crippen MR) is 72.9 cm³/mol. The highest BCUT2D eigenvalue weighted by atomic mass is 16.5. The fourth-order valence-electron chi connectivity index (χ4n) is 1.76. The van der Waals surface area contributed by atoms with Gasteiger partial charge in [0.1, 0.15) is 17.1 Å². The van der Waals surface area contributed by atoms with E-state index < -0.39 is 0 Å². The van der Waals surface area contributed by atoms with Gasteiger partial charge < -0.3 is 14.8 Å². The zero-order valence-electron chi connectivity index (χ0n) is 11.9. The van der Waals surface area contributed by atoms with Crippen LogP contribution >= 0.6 is 0 Å². The van der Waals surface area contributed by atoms with E-state index in [9.17, 15) is 4.79 Å². The molecule has 1 aromatic carbocycles. The van der Waals surface area contributed by atoms with Crippen LogP contribution in [0.25, 0.3) is 0 Å². The molecule has 4 nitrogen and oxygen atoms in total. The minimum atomic E-state index is -0.0778. The monoisotopic (exact) mass is 251 g/mol. The van der Waals surface area contributed by atoms with Crippen LogP contribution in [-0.2, 0) is 0 Å². The summed E-state index contributed by atoms with van der Waals surface area (Å²) in [7, 11) is 3.09. The number of hydrogen-bond donors (Lipinski definition) is 1. The summed E-state index contributed by atoms with van der Waals surface area (Å²) in [6.07, 6.45) is 0. The van der Waals surface area contributed by atoms with E-state index in [0.717, 1.165) is 5.69 Å². The molecule has 0 saturated heterocycles. The zero-order chi connectivity index (χ0) is 13.9. The molecule has 4 heteroatoms. The number of benzene rings is 1. The summed E-state index contributed by atoms with van der Waals surface area (Å²) in [4.78, 5) is 11.6. The van der Waals surface area contributed by atoms with Crippen LogP contribution in [0, 0.1) is 0 Å². The Bertz CT molecular complexity index is 422. The second kappa shape index (κ2) is 5.29. The molecule has 0 amide bonds. The first-order valence-corrected chi connectivity index (χ1v) is 5.83. The second-order valence-corrected chi connectivity index (χ2v) is 5.19. The van der Waals surface area contributed by atoms with E-state index in [1.807, 2.05) is 12.1 Å². The summed E-state index contributed by atoms with van der Waals surface area (Å²) in [6, 6.07) is 3.62. The maximum atomic E-state index is 11.6. The molecule has 1 N–H and O–H groups in total. The Kier molecular flexibility index (Phi) is 4.22. The molecule has 0 aliphatic rings. The number of carbonyl (C=O) groups is 1. The number of hydrogen-bond acceptors (Lipinski definition) is 4. The van der Waals surface area contributed by atoms with Gasteiger partial charge in [-0.05, 0) is 27.7 Å². The highest BCUT2D eigenvalue weighted by molar-refractivity contribution is 6.00. The summed E-state index contributed by atoms with van der Waals surface area (Å²) in [5.41, 5.74) is 1.26. The summed E-state index contributed by atoms with van der Waals surface area (Å²) in [5.74, 6) is 0.966. The number of ketones is 1. The lowest BCUT2D eigenvalue weighted by atomic mass is 10.1. The molecule has 18 heavy (non-hydrogen) atoms. The average Bonchev–Trinajstić information content (AvgIpc) is 2.24. The van der Waals surface area contributed by atoms with Crippen molar-refractivity contribution in [2.24, 2.45) is 0 Å². The second-order valence-electron chi connectivity index (χ2n) is 5.19. The van der Waals surface area contributed by atoms with E-state index in [4.69, 9.17) is 9.47 Å². The van der Waals surface area contributed by atoms with E-state index >= 15 is 0 Å². The van der Waals surface area contributed by atoms with Crippen LogP contribution in [0.1, 0.15) is 38.1 Å². The lowest BCUT2D eigenvalue weighted by Crippen LogP contribution is -2.26. The van der Waals surface area contributed by atoms with Crippen LogP contribution in [0.5, 0.6) is 11.5 Å². The Morgan fingerprint density at radius 2 is 1.56 bits per heavy atom. The third-order valence-corrected chi connectivity index (χ3v) is 2.38. The van der Waals surface area contributed by atoms with E-state index in [2.05, 4.69) is 26.1 Å². The largest absolute Gasteiger partial charge is 0.496 e. The lowest BCUT2D eigenvalue weighted by molar-refractivity contribution is 0.101. The van der Waals surface area contributed by atoms with Crippen molar-refractivity contribution < 1.29 is 14.3 Å². The quantitative estimate of drug-likeness (QED) is 0.835. The Hall–Kier alpha value is -1.71. The third-order valence-electron chi connectivity index (χ3n) is 2.38. The number of anilines is 1. The number of ether oxygens (including phenoxy) is 2. The van der Waals surface area contributed by atoms with Crippen molar-refractivity contribution in [3.8, 4) is 11.5 Å². The molecule has 0 fully saturated rings. The van der Waals surface area contributed by atoms with Crippen molar-refractivity contribution in [2.45, 2.75) is 33.2 Å². The highest BCUT2D eigenvalue weighted by Gasteiger charge is 2.18. The maximum absolute atomic E-state index is 11.6. The summed E-state index contributed by atoms with van der Waals surface area (Å²) < 4.78 is 10.5. The van der Waals surface area contributed by atoms with Gasteiger partial charge in [0, 0.05) is 23.4 Å². The predicted octanol–water partition coefficient (Wildman–Crippen LogP) is 3.12. The third kappa shape index (κ3) is 3.39. The SMILES string of the molecule is COc1cc(NC(C)(C)C)cc(OC)c1C(C)=O. The lowest BCUT2D eigenvalue weighted by Gasteiger charge is -2.23. The van der Waals surface area contributed by atoms with Crippen LogP contribution in [0.2, 0.25) is 0 Å². The molecule has 100 valence electrons. The normalized spacial score (nSPS) is 11.0. The molecule has 0 unspecified atom stereocenters. The fourth-order valence-corrected chi connectivity index (χ4v) is 1.76. The van der Waals surface area contributed by atoms with Crippen LogP contribution < -0.4 is 14.8 Å². The van der Waals surface area contributed by atoms with E-state index in [0.29, 0.717) is 17.1 Å². The first-order chi connectivity index (χ1) is 8.28. The molecule has 0 aliphatic heterocycles. The molecule has 0 spiro atoms. The van der Waals surface area contributed by atoms with Gasteiger partial charge in [-0.3, -0.25) is 4.79 Å². The van der Waals surface area contributed by atoms with Gasteiger partial charge in [0.2, 0.25) is 0 Å². The van der Waals surface area contributed by atoms with Gasteiger partial charge in [0.05, 0.1) is 14.2 Å². The van der Waals surface area contributed by atoms with Crippen LogP contribution in [0.15, 0.2) is 12.1 Å². The molecular weight excluding hydrogens is 230 g/mol. The summed E-state index contributed by atoms with van der Waals surface area (Å²) >= 11 is 0. The Labute approximate surface area is 108 Å². The van der Waals surface area contributed by atoms with Gasteiger partial charge in [-0.1, -0.05) is 0 Å². The average molecular weight is 251 g/mol. The Morgan fingerprint density at radius 3 is 1.83 bits per heavy atom. The minimum absolute atomic E-state index is 0.0756. The molecule has 0 heterocycles. The first kappa shape index (κ1) is 14.4. The van der Waals surface area contributed by atoms with Crippen LogP contribution in [0.3, 0.4) is 0 Å². The molecule has 0 bridgehead atoms. The molecular formula is C14H21NO3. The van der Waals surface area contributed by atoms with Crippen LogP contribution in [0.4, 0.5) is 5.69 Å². The number of nitrogens with one attached hydrogen (secondary N) is 1. The van der Waals surface area contributed by atoms with Crippen molar-refractivity contribution in [2.75, 3.05) is 19.5 Å². The standard InChI is InChI=1S/C14H21NO3/c1-9(16)13-11(17-5)7-10(8-12(13)18-6)15-14(2,3)4/h7-8,15H,1-6H3. The van der Waals surface area contributed by atoms with Gasteiger partial charge in [0.15, 0.2) is 5.78 Å². The molecule has 1 rings (SSSR count). The molecule has 0 saturated carbocycles. The number of rotatable bonds is 4. The zero-order valence-corrected chi connectivity index (χ0v) is 11.9. The van der Waals surface area contributed by atoms with Crippen molar-refractivity contribution in [1.82, 2.24) is 0 Å². The van der Waals surface area contributed by atoms with Crippen LogP contribution in [-0.4, -0.2) is 25.5 Å². The molecule has 0 atom stereocenters. The summed E-state index contributed by atoms with van der Waals surface area (Å²) in [5, 5.41) is 3.33. The molecule has 0 radical (unpaired) electrons. The van der Waals surface area contributed by atoms with Gasteiger partial charge in [-0.15, -0.1) is 0 Å². The Morgan fingerprint density at radius 1 is 1.11 bits per heavy atom. The number of Topliss-reactive ketones (excluding diaryl/α,β-unsaturated/α-hetero) is 1. The first-order valence-electron chi connectivity index (χ1n) is 5.83. The van der Waals surface area contributed by atoms with Gasteiger partial charge in [-0.2, -0.15) is 0 Å². The van der Waals surface area contributed by atoms with Gasteiger partial charge in [-0.25, -0.2) is 0 Å². The fraction of sp³-hybridized carbons (Fsp3) is 0.500. The topological polar surface area (TPSA) is 47.6 Å². The molecule has 1 aromatic rings. The molecule has 0 aromatic heterocycles. The number of methoxy groups -OCH3 is 2. The maximum Gasteiger partial charge on any atom is 0.167 e. The van der Waals surface area contributed by atoms with Crippen molar-refractivity contribution in [1.29, 1.82) is 0 Å². The highest BCUT2D eigenvalue weighted by Crippen LogP contribution is 2.34. The van der Waals surface area contributed by atoms with Crippen molar-refractivity contribution in [3.05, 3.63) is 17.7 Å². The van der Waals surface area contributed by atoms with Crippen molar-refractivity contribution in [3.63, 3.8) is 0 Å². The summed E-state index contributed by atoms with van der Waals surface area (Å²) in [6.45, 7) is 7.68. The minimum Gasteiger partial charge on any atom is -0.496 e. The van der Waals surface area contributed by atoms with E-state index in [1.165, 1.54) is 6.92 Å².